The van der Waals surface area contributed by atoms with E-state index < -0.39 is 11.9 Å². The van der Waals surface area contributed by atoms with Crippen molar-refractivity contribution in [1.29, 1.82) is 0 Å². The second-order valence-electron chi connectivity index (χ2n) is 6.58. The van der Waals surface area contributed by atoms with Gasteiger partial charge >= 0.3 is 0 Å². The molecule has 0 aliphatic heterocycles. The van der Waals surface area contributed by atoms with Gasteiger partial charge in [-0.25, -0.2) is 4.39 Å². The van der Waals surface area contributed by atoms with E-state index in [1.165, 1.54) is 6.07 Å². The number of halogens is 1. The van der Waals surface area contributed by atoms with Crippen molar-refractivity contribution in [2.45, 2.75) is 33.3 Å². The Balaban J connectivity index is 1.95. The largest absolute Gasteiger partial charge is 0.490 e. The average Bonchev–Trinajstić information content (AvgIpc) is 2.74. The number of aliphatic hydroxyl groups is 1. The van der Waals surface area contributed by atoms with Crippen molar-refractivity contribution in [1.82, 2.24) is 10.6 Å². The van der Waals surface area contributed by atoms with Crippen LogP contribution in [-0.4, -0.2) is 43.9 Å². The van der Waals surface area contributed by atoms with Gasteiger partial charge in [0.2, 0.25) is 0 Å². The Morgan fingerprint density at radius 1 is 1.03 bits per heavy atom. The number of hydrogen-bond acceptors (Lipinski definition) is 4. The van der Waals surface area contributed by atoms with Crippen LogP contribution >= 0.6 is 0 Å². The summed E-state index contributed by atoms with van der Waals surface area (Å²) in [4.78, 5) is 4.38. The molecule has 0 saturated carbocycles. The van der Waals surface area contributed by atoms with Crippen molar-refractivity contribution in [2.75, 3.05) is 32.8 Å². The lowest BCUT2D eigenvalue weighted by atomic mass is 10.1. The predicted octanol–water partition coefficient (Wildman–Crippen LogP) is 3.45. The van der Waals surface area contributed by atoms with E-state index in [9.17, 15) is 9.50 Å². The summed E-state index contributed by atoms with van der Waals surface area (Å²) in [5, 5.41) is 16.6. The summed E-state index contributed by atoms with van der Waals surface area (Å²) >= 11 is 0. The van der Waals surface area contributed by atoms with E-state index in [0.29, 0.717) is 32.3 Å². The Morgan fingerprint density at radius 3 is 2.47 bits per heavy atom. The lowest BCUT2D eigenvalue weighted by Gasteiger charge is -2.15. The molecule has 0 aliphatic rings. The minimum atomic E-state index is -0.999. The van der Waals surface area contributed by atoms with Gasteiger partial charge in [0.15, 0.2) is 17.5 Å². The summed E-state index contributed by atoms with van der Waals surface area (Å²) < 4.78 is 25.1. The smallest absolute Gasteiger partial charge is 0.191 e. The minimum Gasteiger partial charge on any atom is -0.490 e. The van der Waals surface area contributed by atoms with Gasteiger partial charge < -0.3 is 25.2 Å². The topological polar surface area (TPSA) is 75.1 Å². The van der Waals surface area contributed by atoms with Crippen LogP contribution in [-0.2, 0) is 6.42 Å². The maximum atomic E-state index is 13.8. The molecule has 0 aromatic heterocycles. The van der Waals surface area contributed by atoms with Crippen molar-refractivity contribution in [3.05, 3.63) is 59.4 Å². The van der Waals surface area contributed by atoms with Gasteiger partial charge in [-0.15, -0.1) is 0 Å². The first kappa shape index (κ1) is 23.5. The molecule has 0 saturated heterocycles. The van der Waals surface area contributed by atoms with E-state index >= 15 is 0 Å². The molecule has 0 aliphatic carbocycles. The number of nitrogens with zero attached hydrogens (tertiary/aromatic N) is 1. The summed E-state index contributed by atoms with van der Waals surface area (Å²) in [7, 11) is 0. The number of aliphatic imine (C=N–C) groups is 1. The van der Waals surface area contributed by atoms with E-state index in [0.717, 1.165) is 23.5 Å². The Hall–Kier alpha value is -2.80. The second kappa shape index (κ2) is 12.7. The van der Waals surface area contributed by atoms with Crippen molar-refractivity contribution >= 4 is 5.96 Å². The van der Waals surface area contributed by atoms with Crippen LogP contribution in [0.5, 0.6) is 11.5 Å². The summed E-state index contributed by atoms with van der Waals surface area (Å²) in [5.74, 6) is 1.63. The van der Waals surface area contributed by atoms with Gasteiger partial charge in [-0.1, -0.05) is 24.3 Å². The molecule has 2 aromatic rings. The molecule has 2 rings (SSSR count). The lowest BCUT2D eigenvalue weighted by molar-refractivity contribution is 0.182. The normalized spacial score (nSPS) is 12.4. The van der Waals surface area contributed by atoms with Crippen LogP contribution in [0.1, 0.15) is 38.0 Å². The van der Waals surface area contributed by atoms with Crippen LogP contribution in [0.2, 0.25) is 0 Å². The Kier molecular flexibility index (Phi) is 9.94. The molecule has 7 heteroatoms. The molecule has 0 heterocycles. The quantitative estimate of drug-likeness (QED) is 0.386. The van der Waals surface area contributed by atoms with Gasteiger partial charge in [-0.05, 0) is 51.0 Å². The molecule has 1 atom stereocenters. The summed E-state index contributed by atoms with van der Waals surface area (Å²) in [6.45, 7) is 8.39. The highest BCUT2D eigenvalue weighted by Gasteiger charge is 2.12. The van der Waals surface area contributed by atoms with E-state index in [-0.39, 0.29) is 12.1 Å². The SMILES string of the molecule is CCNC(=NCC(O)c1ccccc1F)NCCc1ccc(OCC)c(OCC)c1. The highest BCUT2D eigenvalue weighted by Crippen LogP contribution is 2.28. The summed E-state index contributed by atoms with van der Waals surface area (Å²) in [6.07, 6.45) is -0.242. The van der Waals surface area contributed by atoms with Crippen LogP contribution < -0.4 is 20.1 Å². The monoisotopic (exact) mass is 417 g/mol. The first-order valence-corrected chi connectivity index (χ1v) is 10.4. The van der Waals surface area contributed by atoms with Gasteiger partial charge in [-0.2, -0.15) is 0 Å². The fraction of sp³-hybridized carbons (Fsp3) is 0.435. The highest BCUT2D eigenvalue weighted by molar-refractivity contribution is 5.79. The molecule has 0 fully saturated rings. The number of rotatable bonds is 11. The predicted molar refractivity (Wildman–Crippen MR) is 118 cm³/mol. The molecule has 2 aromatic carbocycles. The highest BCUT2D eigenvalue weighted by atomic mass is 19.1. The molecular formula is C23H32FN3O3. The lowest BCUT2D eigenvalue weighted by Crippen LogP contribution is -2.38. The van der Waals surface area contributed by atoms with Gasteiger partial charge in [0.1, 0.15) is 11.9 Å². The average molecular weight is 418 g/mol. The fourth-order valence-electron chi connectivity index (χ4n) is 2.94. The van der Waals surface area contributed by atoms with Gasteiger partial charge in [0.05, 0.1) is 19.8 Å². The fourth-order valence-corrected chi connectivity index (χ4v) is 2.94. The number of ether oxygens (including phenoxy) is 2. The second-order valence-corrected chi connectivity index (χ2v) is 6.58. The van der Waals surface area contributed by atoms with Gasteiger partial charge in [0.25, 0.3) is 0 Å². The van der Waals surface area contributed by atoms with E-state index in [2.05, 4.69) is 15.6 Å². The van der Waals surface area contributed by atoms with Crippen LogP contribution in [0.25, 0.3) is 0 Å². The summed E-state index contributed by atoms with van der Waals surface area (Å²) in [6, 6.07) is 12.1. The van der Waals surface area contributed by atoms with Gasteiger partial charge in [-0.3, -0.25) is 4.99 Å². The third kappa shape index (κ3) is 7.22. The molecule has 0 amide bonds. The molecule has 0 radical (unpaired) electrons. The Morgan fingerprint density at radius 2 is 1.77 bits per heavy atom. The molecule has 30 heavy (non-hydrogen) atoms. The van der Waals surface area contributed by atoms with Crippen molar-refractivity contribution in [2.24, 2.45) is 4.99 Å². The molecule has 6 nitrogen and oxygen atoms in total. The number of benzene rings is 2. The number of hydrogen-bond donors (Lipinski definition) is 3. The van der Waals surface area contributed by atoms with Crippen molar-refractivity contribution < 1.29 is 19.0 Å². The number of nitrogens with one attached hydrogen (secondary N) is 2. The third-order valence-electron chi connectivity index (χ3n) is 4.34. The summed E-state index contributed by atoms with van der Waals surface area (Å²) in [5.41, 5.74) is 1.35. The number of guanidine groups is 1. The third-order valence-corrected chi connectivity index (χ3v) is 4.34. The molecule has 3 N–H and O–H groups in total. The Labute approximate surface area is 178 Å². The van der Waals surface area contributed by atoms with Crippen LogP contribution in [0, 0.1) is 5.82 Å². The van der Waals surface area contributed by atoms with E-state index in [4.69, 9.17) is 9.47 Å². The van der Waals surface area contributed by atoms with E-state index in [1.54, 1.807) is 18.2 Å². The van der Waals surface area contributed by atoms with Crippen molar-refractivity contribution in [3.63, 3.8) is 0 Å². The maximum absolute atomic E-state index is 13.8. The minimum absolute atomic E-state index is 0.0633. The van der Waals surface area contributed by atoms with Crippen LogP contribution in [0.15, 0.2) is 47.5 Å². The van der Waals surface area contributed by atoms with Crippen molar-refractivity contribution in [3.8, 4) is 11.5 Å². The maximum Gasteiger partial charge on any atom is 0.191 e. The van der Waals surface area contributed by atoms with Crippen LogP contribution in [0.4, 0.5) is 4.39 Å². The Bertz CT molecular complexity index is 814. The molecule has 164 valence electrons. The zero-order valence-electron chi connectivity index (χ0n) is 18.0. The zero-order valence-corrected chi connectivity index (χ0v) is 18.0. The molecule has 0 bridgehead atoms. The molecule has 0 spiro atoms. The first-order valence-electron chi connectivity index (χ1n) is 10.4. The standard InChI is InChI=1S/C23H32FN3O3/c1-4-25-23(27-16-20(28)18-9-7-8-10-19(18)24)26-14-13-17-11-12-21(29-5-2)22(15-17)30-6-3/h7-12,15,20,28H,4-6,13-14,16H2,1-3H3,(H2,25,26,27). The van der Waals surface area contributed by atoms with Gasteiger partial charge in [0, 0.05) is 18.7 Å². The number of aliphatic hydroxyl groups excluding tert-OH is 1. The first-order chi connectivity index (χ1) is 14.6. The van der Waals surface area contributed by atoms with E-state index in [1.807, 2.05) is 39.0 Å². The molecule has 1 unspecified atom stereocenters. The molecular weight excluding hydrogens is 385 g/mol. The van der Waals surface area contributed by atoms with Crippen LogP contribution in [0.3, 0.4) is 0 Å². The zero-order chi connectivity index (χ0) is 21.8.